The van der Waals surface area contributed by atoms with E-state index in [-0.39, 0.29) is 16.3 Å². The fourth-order valence-electron chi connectivity index (χ4n) is 3.94. The van der Waals surface area contributed by atoms with E-state index in [1.807, 2.05) is 31.2 Å². The Labute approximate surface area is 225 Å². The number of hydrogen-bond acceptors (Lipinski definition) is 7. The van der Waals surface area contributed by atoms with Gasteiger partial charge in [-0.3, -0.25) is 14.5 Å². The van der Waals surface area contributed by atoms with Crippen molar-refractivity contribution in [2.45, 2.75) is 23.1 Å². The first-order valence-corrected chi connectivity index (χ1v) is 13.3. The maximum atomic E-state index is 13.5. The van der Waals surface area contributed by atoms with E-state index in [4.69, 9.17) is 11.6 Å². The smallest absolute Gasteiger partial charge is 0.301 e. The lowest BCUT2D eigenvalue weighted by molar-refractivity contribution is -0.132. The number of thioether (sulfide) groups is 1. The number of amides is 1. The second kappa shape index (κ2) is 10.5. The topological polar surface area (TPSA) is 83.4 Å². The van der Waals surface area contributed by atoms with Gasteiger partial charge < -0.3 is 5.11 Å². The van der Waals surface area contributed by atoms with Gasteiger partial charge in [-0.15, -0.1) is 10.2 Å². The number of benzene rings is 3. The van der Waals surface area contributed by atoms with Crippen LogP contribution in [0.15, 0.2) is 82.7 Å². The molecule has 1 unspecified atom stereocenters. The van der Waals surface area contributed by atoms with Gasteiger partial charge >= 0.3 is 5.91 Å². The Kier molecular flexibility index (Phi) is 7.10. The van der Waals surface area contributed by atoms with Crippen molar-refractivity contribution in [3.05, 3.63) is 111 Å². The lowest BCUT2D eigenvalue weighted by atomic mass is 9.95. The van der Waals surface area contributed by atoms with Gasteiger partial charge in [0.25, 0.3) is 5.78 Å². The zero-order chi connectivity index (χ0) is 26.1. The summed E-state index contributed by atoms with van der Waals surface area (Å²) in [7, 11) is 0. The first-order chi connectivity index (χ1) is 17.8. The zero-order valence-electron chi connectivity index (χ0n) is 19.4. The Bertz CT molecular complexity index is 1500. The molecule has 0 spiro atoms. The van der Waals surface area contributed by atoms with Crippen molar-refractivity contribution in [2.24, 2.45) is 0 Å². The third-order valence-corrected chi connectivity index (χ3v) is 8.21. The predicted molar refractivity (Wildman–Crippen MR) is 143 cm³/mol. The quantitative estimate of drug-likeness (QED) is 0.0960. The van der Waals surface area contributed by atoms with Gasteiger partial charge in [0.1, 0.15) is 11.6 Å². The average Bonchev–Trinajstić information content (AvgIpc) is 3.46. The van der Waals surface area contributed by atoms with Crippen LogP contribution in [0.5, 0.6) is 0 Å². The molecule has 1 saturated heterocycles. The molecular weight excluding hydrogens is 533 g/mol. The van der Waals surface area contributed by atoms with Gasteiger partial charge in [0, 0.05) is 16.3 Å². The Balaban J connectivity index is 1.53. The number of anilines is 1. The summed E-state index contributed by atoms with van der Waals surface area (Å²) in [6.07, 6.45) is 0. The maximum absolute atomic E-state index is 13.5. The number of Topliss-reactive ketones (excluding diaryl/α,β-unsaturated/α-hetero) is 1. The van der Waals surface area contributed by atoms with E-state index in [0.717, 1.165) is 5.56 Å². The van der Waals surface area contributed by atoms with Crippen molar-refractivity contribution in [3.8, 4) is 0 Å². The van der Waals surface area contributed by atoms with Crippen molar-refractivity contribution in [2.75, 3.05) is 4.90 Å². The SMILES string of the molecule is Cc1ccc(CSc2nnc(N3C(=O)C(=O)/C(=C(\O)c4ccc(F)cc4)C3c3ccc(Cl)cc3)s2)cc1. The van der Waals surface area contributed by atoms with Crippen LogP contribution in [0.2, 0.25) is 5.02 Å². The van der Waals surface area contributed by atoms with E-state index < -0.39 is 29.3 Å². The Morgan fingerprint density at radius 1 is 1.03 bits per heavy atom. The highest BCUT2D eigenvalue weighted by atomic mass is 35.5. The largest absolute Gasteiger partial charge is 0.507 e. The number of ketones is 1. The number of hydrogen-bond donors (Lipinski definition) is 1. The molecule has 0 saturated carbocycles. The summed E-state index contributed by atoms with van der Waals surface area (Å²) < 4.78 is 14.1. The van der Waals surface area contributed by atoms with Gasteiger partial charge in [-0.25, -0.2) is 4.39 Å². The molecule has 2 heterocycles. The molecule has 0 aliphatic carbocycles. The minimum absolute atomic E-state index is 0.122. The summed E-state index contributed by atoms with van der Waals surface area (Å²) >= 11 is 8.73. The fraction of sp³-hybridized carbons (Fsp3) is 0.111. The van der Waals surface area contributed by atoms with Crippen molar-refractivity contribution >= 4 is 57.3 Å². The molecule has 6 nitrogen and oxygen atoms in total. The van der Waals surface area contributed by atoms with Gasteiger partial charge in [-0.1, -0.05) is 76.7 Å². The highest BCUT2D eigenvalue weighted by Crippen LogP contribution is 2.44. The number of aliphatic hydroxyl groups excluding tert-OH is 1. The average molecular weight is 552 g/mol. The number of halogens is 2. The third-order valence-electron chi connectivity index (χ3n) is 5.83. The minimum Gasteiger partial charge on any atom is -0.507 e. The van der Waals surface area contributed by atoms with Crippen LogP contribution in [0.4, 0.5) is 9.52 Å². The molecule has 37 heavy (non-hydrogen) atoms. The molecule has 0 bridgehead atoms. The maximum Gasteiger partial charge on any atom is 0.301 e. The van der Waals surface area contributed by atoms with Crippen LogP contribution in [0.25, 0.3) is 5.76 Å². The van der Waals surface area contributed by atoms with Gasteiger partial charge in [0.15, 0.2) is 4.34 Å². The molecule has 1 fully saturated rings. The molecule has 1 atom stereocenters. The number of nitrogens with zero attached hydrogens (tertiary/aromatic N) is 3. The van der Waals surface area contributed by atoms with Gasteiger partial charge in [0.05, 0.1) is 11.6 Å². The molecule has 1 aromatic heterocycles. The molecule has 1 aliphatic heterocycles. The third kappa shape index (κ3) is 5.16. The molecule has 1 aliphatic rings. The first-order valence-electron chi connectivity index (χ1n) is 11.2. The van der Waals surface area contributed by atoms with E-state index in [2.05, 4.69) is 10.2 Å². The van der Waals surface area contributed by atoms with Crippen molar-refractivity contribution in [3.63, 3.8) is 0 Å². The molecule has 5 rings (SSSR count). The van der Waals surface area contributed by atoms with E-state index in [0.29, 0.717) is 20.7 Å². The lowest BCUT2D eigenvalue weighted by Gasteiger charge is -2.22. The second-order valence-electron chi connectivity index (χ2n) is 8.35. The summed E-state index contributed by atoms with van der Waals surface area (Å²) in [5.74, 6) is -1.94. The highest BCUT2D eigenvalue weighted by Gasteiger charge is 2.48. The second-order valence-corrected chi connectivity index (χ2v) is 11.0. The number of rotatable bonds is 6. The number of aliphatic hydroxyl groups is 1. The van der Waals surface area contributed by atoms with Gasteiger partial charge in [-0.2, -0.15) is 0 Å². The van der Waals surface area contributed by atoms with Gasteiger partial charge in [-0.05, 0) is 54.4 Å². The summed E-state index contributed by atoms with van der Waals surface area (Å²) in [6.45, 7) is 2.02. The summed E-state index contributed by atoms with van der Waals surface area (Å²) in [4.78, 5) is 27.7. The molecule has 0 radical (unpaired) electrons. The normalized spacial score (nSPS) is 16.9. The standard InChI is InChI=1S/C27H19ClFN3O3S2/c1-15-2-4-16(5-3-15)14-36-27-31-30-26(37-27)32-22(17-6-10-19(28)11-7-17)21(24(34)25(32)35)23(33)18-8-12-20(29)13-9-18/h2-13,22,33H,14H2,1H3/b23-21-. The van der Waals surface area contributed by atoms with E-state index >= 15 is 0 Å². The predicted octanol–water partition coefficient (Wildman–Crippen LogP) is 6.56. The van der Waals surface area contributed by atoms with Gasteiger partial charge in [0.2, 0.25) is 5.13 Å². The summed E-state index contributed by atoms with van der Waals surface area (Å²) in [6, 6.07) is 18.9. The molecule has 10 heteroatoms. The van der Waals surface area contributed by atoms with Crippen LogP contribution in [0.3, 0.4) is 0 Å². The van der Waals surface area contributed by atoms with Crippen LogP contribution in [-0.2, 0) is 15.3 Å². The number of aryl methyl sites for hydroxylation is 1. The summed E-state index contributed by atoms with van der Waals surface area (Å²) in [5.41, 5.74) is 2.93. The molecular formula is C27H19ClFN3O3S2. The Hall–Kier alpha value is -3.53. The Morgan fingerprint density at radius 2 is 1.70 bits per heavy atom. The van der Waals surface area contributed by atoms with Crippen LogP contribution >= 0.6 is 34.7 Å². The monoisotopic (exact) mass is 551 g/mol. The first kappa shape index (κ1) is 25.1. The molecule has 1 N–H and O–H groups in total. The number of carbonyl (C=O) groups excluding carboxylic acids is 2. The van der Waals surface area contributed by atoms with E-state index in [1.54, 1.807) is 24.3 Å². The fourth-order valence-corrected chi connectivity index (χ4v) is 5.89. The van der Waals surface area contributed by atoms with Crippen LogP contribution < -0.4 is 4.90 Å². The minimum atomic E-state index is -0.967. The van der Waals surface area contributed by atoms with Crippen LogP contribution in [0.1, 0.15) is 28.3 Å². The van der Waals surface area contributed by atoms with Crippen molar-refractivity contribution in [1.82, 2.24) is 10.2 Å². The number of carbonyl (C=O) groups is 2. The molecule has 1 amide bonds. The lowest BCUT2D eigenvalue weighted by Crippen LogP contribution is -2.29. The molecule has 4 aromatic rings. The van der Waals surface area contributed by atoms with Crippen molar-refractivity contribution in [1.29, 1.82) is 0 Å². The van der Waals surface area contributed by atoms with Crippen LogP contribution in [0, 0.1) is 12.7 Å². The zero-order valence-corrected chi connectivity index (χ0v) is 21.8. The Morgan fingerprint density at radius 3 is 2.38 bits per heavy atom. The molecule has 186 valence electrons. The number of aromatic nitrogens is 2. The van der Waals surface area contributed by atoms with E-state index in [9.17, 15) is 19.1 Å². The van der Waals surface area contributed by atoms with Crippen LogP contribution in [-0.4, -0.2) is 27.0 Å². The van der Waals surface area contributed by atoms with Crippen molar-refractivity contribution < 1.29 is 19.1 Å². The molecule has 3 aromatic carbocycles. The summed E-state index contributed by atoms with van der Waals surface area (Å²) in [5, 5.41) is 20.2. The highest BCUT2D eigenvalue weighted by molar-refractivity contribution is 8.00. The van der Waals surface area contributed by atoms with E-state index in [1.165, 1.54) is 57.8 Å².